The summed E-state index contributed by atoms with van der Waals surface area (Å²) >= 11 is 0. The predicted octanol–water partition coefficient (Wildman–Crippen LogP) is 1.12. The number of carbonyl (C=O) groups excluding carboxylic acids is 1. The second-order valence-corrected chi connectivity index (χ2v) is 4.49. The number of primary amides is 1. The molecule has 1 rings (SSSR count). The Hall–Kier alpha value is -2.04. The highest BCUT2D eigenvalue weighted by Gasteiger charge is 2.40. The molecule has 0 fully saturated rings. The number of carboxylic acids is 1. The van der Waals surface area contributed by atoms with Crippen LogP contribution >= 0.6 is 0 Å². The smallest absolute Gasteiger partial charge is 0.319 e. The van der Waals surface area contributed by atoms with Gasteiger partial charge in [0, 0.05) is 6.42 Å². The van der Waals surface area contributed by atoms with Gasteiger partial charge in [0.05, 0.1) is 7.11 Å². The van der Waals surface area contributed by atoms with Crippen molar-refractivity contribution in [2.75, 3.05) is 7.11 Å². The van der Waals surface area contributed by atoms with Crippen LogP contribution in [-0.4, -0.2) is 24.1 Å². The van der Waals surface area contributed by atoms with Gasteiger partial charge in [-0.25, -0.2) is 0 Å². The number of aryl methyl sites for hydroxylation is 1. The first-order chi connectivity index (χ1) is 8.31. The van der Waals surface area contributed by atoms with Crippen LogP contribution in [0.2, 0.25) is 0 Å². The van der Waals surface area contributed by atoms with Crippen LogP contribution in [-0.2, 0) is 16.0 Å². The minimum absolute atomic E-state index is 0.00250. The van der Waals surface area contributed by atoms with Gasteiger partial charge in [-0.05, 0) is 25.5 Å². The van der Waals surface area contributed by atoms with Gasteiger partial charge in [0.2, 0.25) is 5.91 Å². The number of carbonyl (C=O) groups is 2. The minimum Gasteiger partial charge on any atom is -0.496 e. The van der Waals surface area contributed by atoms with E-state index in [0.717, 1.165) is 5.56 Å². The van der Waals surface area contributed by atoms with Crippen molar-refractivity contribution in [2.45, 2.75) is 20.3 Å². The molecule has 3 N–H and O–H groups in total. The van der Waals surface area contributed by atoms with Crippen molar-refractivity contribution >= 4 is 11.9 Å². The van der Waals surface area contributed by atoms with Gasteiger partial charge in [-0.15, -0.1) is 0 Å². The van der Waals surface area contributed by atoms with E-state index in [0.29, 0.717) is 11.3 Å². The molecule has 0 aliphatic rings. The summed E-state index contributed by atoms with van der Waals surface area (Å²) in [6.45, 7) is 3.20. The number of aliphatic carboxylic acids is 1. The normalized spacial score (nSPS) is 13.7. The van der Waals surface area contributed by atoms with E-state index >= 15 is 0 Å². The molecule has 5 heteroatoms. The first-order valence-corrected chi connectivity index (χ1v) is 5.48. The van der Waals surface area contributed by atoms with E-state index in [1.54, 1.807) is 12.1 Å². The van der Waals surface area contributed by atoms with E-state index in [-0.39, 0.29) is 6.42 Å². The molecular formula is C13H17NO4. The number of carboxylic acid groups (broad SMARTS) is 1. The zero-order valence-electron chi connectivity index (χ0n) is 10.7. The fourth-order valence-corrected chi connectivity index (χ4v) is 1.69. The molecule has 5 nitrogen and oxygen atoms in total. The van der Waals surface area contributed by atoms with Crippen LogP contribution in [0.25, 0.3) is 0 Å². The predicted molar refractivity (Wildman–Crippen MR) is 66.4 cm³/mol. The lowest BCUT2D eigenvalue weighted by Crippen LogP contribution is -2.43. The molecule has 0 radical (unpaired) electrons. The first kappa shape index (κ1) is 14.0. The zero-order valence-corrected chi connectivity index (χ0v) is 10.7. The van der Waals surface area contributed by atoms with Gasteiger partial charge >= 0.3 is 5.97 Å². The number of benzene rings is 1. The third kappa shape index (κ3) is 2.61. The summed E-state index contributed by atoms with van der Waals surface area (Å²) < 4.78 is 5.16. The highest BCUT2D eigenvalue weighted by atomic mass is 16.5. The molecule has 0 aliphatic carbocycles. The van der Waals surface area contributed by atoms with E-state index in [1.165, 1.54) is 14.0 Å². The third-order valence-electron chi connectivity index (χ3n) is 3.00. The van der Waals surface area contributed by atoms with Crippen molar-refractivity contribution in [3.8, 4) is 5.75 Å². The van der Waals surface area contributed by atoms with Crippen LogP contribution in [0.5, 0.6) is 5.75 Å². The second kappa shape index (κ2) is 5.08. The van der Waals surface area contributed by atoms with Gasteiger partial charge in [0.25, 0.3) is 0 Å². The molecular weight excluding hydrogens is 234 g/mol. The number of methoxy groups -OCH3 is 1. The van der Waals surface area contributed by atoms with Gasteiger partial charge in [0.1, 0.15) is 11.2 Å². The number of nitrogens with two attached hydrogens (primary N) is 1. The van der Waals surface area contributed by atoms with E-state index in [9.17, 15) is 9.59 Å². The quantitative estimate of drug-likeness (QED) is 0.767. The van der Waals surface area contributed by atoms with Crippen LogP contribution in [0.3, 0.4) is 0 Å². The van der Waals surface area contributed by atoms with Crippen LogP contribution in [0.15, 0.2) is 18.2 Å². The number of hydrogen-bond donors (Lipinski definition) is 2. The molecule has 0 aliphatic heterocycles. The van der Waals surface area contributed by atoms with E-state index < -0.39 is 17.3 Å². The van der Waals surface area contributed by atoms with Gasteiger partial charge in [-0.3, -0.25) is 9.59 Å². The van der Waals surface area contributed by atoms with Gasteiger partial charge < -0.3 is 15.6 Å². The van der Waals surface area contributed by atoms with E-state index in [2.05, 4.69) is 0 Å². The fraction of sp³-hybridized carbons (Fsp3) is 0.385. The molecule has 18 heavy (non-hydrogen) atoms. The van der Waals surface area contributed by atoms with Gasteiger partial charge in [-0.1, -0.05) is 17.7 Å². The topological polar surface area (TPSA) is 89.6 Å². The molecule has 1 unspecified atom stereocenters. The van der Waals surface area contributed by atoms with Crippen molar-refractivity contribution in [1.29, 1.82) is 0 Å². The fourth-order valence-electron chi connectivity index (χ4n) is 1.69. The van der Waals surface area contributed by atoms with E-state index in [4.69, 9.17) is 15.6 Å². The molecule has 0 saturated heterocycles. The Bertz CT molecular complexity index is 468. The summed E-state index contributed by atoms with van der Waals surface area (Å²) in [4.78, 5) is 22.6. The molecule has 0 aromatic heterocycles. The van der Waals surface area contributed by atoms with Crippen molar-refractivity contribution < 1.29 is 19.4 Å². The van der Waals surface area contributed by atoms with E-state index in [1.807, 2.05) is 13.0 Å². The van der Waals surface area contributed by atoms with Crippen molar-refractivity contribution in [1.82, 2.24) is 0 Å². The lowest BCUT2D eigenvalue weighted by molar-refractivity contribution is -0.153. The zero-order chi connectivity index (χ0) is 13.9. The summed E-state index contributed by atoms with van der Waals surface area (Å²) in [7, 11) is 1.50. The summed E-state index contributed by atoms with van der Waals surface area (Å²) in [6.07, 6.45) is 0.00250. The summed E-state index contributed by atoms with van der Waals surface area (Å²) in [6, 6.07) is 5.39. The maximum atomic E-state index is 11.4. The number of rotatable bonds is 5. The summed E-state index contributed by atoms with van der Waals surface area (Å²) in [5.74, 6) is -1.55. The highest BCUT2D eigenvalue weighted by molar-refractivity contribution is 6.01. The molecule has 0 bridgehead atoms. The molecule has 1 aromatic rings. The maximum absolute atomic E-state index is 11.4. The van der Waals surface area contributed by atoms with Crippen LogP contribution in [0.4, 0.5) is 0 Å². The largest absolute Gasteiger partial charge is 0.496 e. The Kier molecular flexibility index (Phi) is 3.96. The van der Waals surface area contributed by atoms with Crippen molar-refractivity contribution in [3.05, 3.63) is 29.3 Å². The molecule has 98 valence electrons. The van der Waals surface area contributed by atoms with Crippen LogP contribution in [0, 0.1) is 12.3 Å². The average Bonchev–Trinajstić information content (AvgIpc) is 2.28. The Labute approximate surface area is 106 Å². The molecule has 0 heterocycles. The van der Waals surface area contributed by atoms with Gasteiger partial charge in [-0.2, -0.15) is 0 Å². The molecule has 1 amide bonds. The molecule has 0 saturated carbocycles. The molecule has 0 spiro atoms. The SMILES string of the molecule is COc1ccc(C)cc1CC(C)(C(N)=O)C(=O)O. The number of hydrogen-bond acceptors (Lipinski definition) is 3. The standard InChI is InChI=1S/C13H17NO4/c1-8-4-5-10(18-3)9(6-8)7-13(2,11(14)15)12(16)17/h4-6H,7H2,1-3H3,(H2,14,15)(H,16,17). The number of ether oxygens (including phenoxy) is 1. The van der Waals surface area contributed by atoms with Crippen LogP contribution in [0.1, 0.15) is 18.1 Å². The lowest BCUT2D eigenvalue weighted by Gasteiger charge is -2.22. The van der Waals surface area contributed by atoms with Crippen molar-refractivity contribution in [3.63, 3.8) is 0 Å². The first-order valence-electron chi connectivity index (χ1n) is 5.48. The van der Waals surface area contributed by atoms with Gasteiger partial charge in [0.15, 0.2) is 0 Å². The lowest BCUT2D eigenvalue weighted by atomic mass is 9.82. The Morgan fingerprint density at radius 2 is 2.06 bits per heavy atom. The Balaban J connectivity index is 3.20. The third-order valence-corrected chi connectivity index (χ3v) is 3.00. The highest BCUT2D eigenvalue weighted by Crippen LogP contribution is 2.29. The average molecular weight is 251 g/mol. The second-order valence-electron chi connectivity index (χ2n) is 4.49. The Morgan fingerprint density at radius 1 is 1.44 bits per heavy atom. The monoisotopic (exact) mass is 251 g/mol. The molecule has 1 aromatic carbocycles. The van der Waals surface area contributed by atoms with Crippen molar-refractivity contribution in [2.24, 2.45) is 11.1 Å². The summed E-state index contributed by atoms with van der Waals surface area (Å²) in [5, 5.41) is 9.16. The summed E-state index contributed by atoms with van der Waals surface area (Å²) in [5.41, 5.74) is 5.17. The maximum Gasteiger partial charge on any atom is 0.319 e. The Morgan fingerprint density at radius 3 is 2.50 bits per heavy atom. The van der Waals surface area contributed by atoms with Crippen LogP contribution < -0.4 is 10.5 Å². The minimum atomic E-state index is -1.64. The number of amides is 1. The molecule has 1 atom stereocenters.